The van der Waals surface area contributed by atoms with Gasteiger partial charge in [0.25, 0.3) is 5.91 Å². The summed E-state index contributed by atoms with van der Waals surface area (Å²) in [5.41, 5.74) is 0.0106. The van der Waals surface area contributed by atoms with Crippen LogP contribution >= 0.6 is 0 Å². The maximum atomic E-state index is 11.6. The van der Waals surface area contributed by atoms with Gasteiger partial charge < -0.3 is 14.6 Å². The lowest BCUT2D eigenvalue weighted by Gasteiger charge is -2.10. The molecule has 8 heteroatoms. The molecule has 100 valence electrons. The summed E-state index contributed by atoms with van der Waals surface area (Å²) >= 11 is 0. The Labute approximate surface area is 105 Å². The number of amides is 1. The minimum atomic E-state index is -3.68. The Kier molecular flexibility index (Phi) is 4.62. The number of carbonyl (C=O) groups excluding carboxylic acids is 1. The number of carbonyl (C=O) groups is 1. The standard InChI is InChI=1S/C10H14N2O5S/c1-7(6-13)11-10(14)8-4-3-5-9(12-8)17-18(2,15)16/h3-5,7,13H,6H2,1-2H3,(H,11,14). The van der Waals surface area contributed by atoms with Gasteiger partial charge in [0.05, 0.1) is 12.9 Å². The van der Waals surface area contributed by atoms with Crippen LogP contribution in [-0.4, -0.2) is 43.3 Å². The van der Waals surface area contributed by atoms with Crippen LogP contribution in [0, 0.1) is 0 Å². The third kappa shape index (κ3) is 4.68. The number of rotatable bonds is 5. The van der Waals surface area contributed by atoms with Crippen molar-refractivity contribution in [2.45, 2.75) is 13.0 Å². The number of aliphatic hydroxyl groups excluding tert-OH is 1. The van der Waals surface area contributed by atoms with Crippen molar-refractivity contribution in [3.63, 3.8) is 0 Å². The van der Waals surface area contributed by atoms with Crippen molar-refractivity contribution in [3.8, 4) is 5.88 Å². The van der Waals surface area contributed by atoms with E-state index >= 15 is 0 Å². The summed E-state index contributed by atoms with van der Waals surface area (Å²) in [5.74, 6) is -0.697. The molecule has 0 aliphatic rings. The molecule has 18 heavy (non-hydrogen) atoms. The van der Waals surface area contributed by atoms with Crippen LogP contribution in [0.3, 0.4) is 0 Å². The largest absolute Gasteiger partial charge is 0.394 e. The second kappa shape index (κ2) is 5.78. The molecule has 2 N–H and O–H groups in total. The minimum Gasteiger partial charge on any atom is -0.394 e. The predicted molar refractivity (Wildman–Crippen MR) is 63.7 cm³/mol. The lowest BCUT2D eigenvalue weighted by Crippen LogP contribution is -2.35. The molecule has 1 heterocycles. The number of pyridine rings is 1. The fraction of sp³-hybridized carbons (Fsp3) is 0.400. The highest BCUT2D eigenvalue weighted by Crippen LogP contribution is 2.09. The first kappa shape index (κ1) is 14.4. The fourth-order valence-electron chi connectivity index (χ4n) is 1.09. The maximum Gasteiger partial charge on any atom is 0.307 e. The SMILES string of the molecule is CC(CO)NC(=O)c1cccc(OS(C)(=O)=O)n1. The van der Waals surface area contributed by atoms with Crippen LogP contribution in [0.5, 0.6) is 5.88 Å². The Morgan fingerprint density at radius 3 is 2.78 bits per heavy atom. The van der Waals surface area contributed by atoms with E-state index in [0.29, 0.717) is 0 Å². The molecule has 1 aromatic heterocycles. The number of aromatic nitrogens is 1. The van der Waals surface area contributed by atoms with E-state index in [1.54, 1.807) is 6.92 Å². The summed E-state index contributed by atoms with van der Waals surface area (Å²) in [5, 5.41) is 11.3. The zero-order valence-electron chi connectivity index (χ0n) is 9.95. The summed E-state index contributed by atoms with van der Waals surface area (Å²) in [6, 6.07) is 3.77. The highest BCUT2D eigenvalue weighted by Gasteiger charge is 2.12. The van der Waals surface area contributed by atoms with Crippen molar-refractivity contribution >= 4 is 16.0 Å². The van der Waals surface area contributed by atoms with E-state index in [-0.39, 0.29) is 18.2 Å². The molecular formula is C10H14N2O5S. The molecule has 7 nitrogen and oxygen atoms in total. The second-order valence-corrected chi connectivity index (χ2v) is 5.28. The van der Waals surface area contributed by atoms with E-state index < -0.39 is 22.1 Å². The summed E-state index contributed by atoms with van der Waals surface area (Å²) < 4.78 is 26.4. The lowest BCUT2D eigenvalue weighted by atomic mass is 10.3. The van der Waals surface area contributed by atoms with E-state index in [0.717, 1.165) is 6.26 Å². The van der Waals surface area contributed by atoms with Crippen molar-refractivity contribution in [2.24, 2.45) is 0 Å². The number of nitrogens with one attached hydrogen (secondary N) is 1. The van der Waals surface area contributed by atoms with Gasteiger partial charge in [-0.2, -0.15) is 8.42 Å². The zero-order valence-corrected chi connectivity index (χ0v) is 10.8. The van der Waals surface area contributed by atoms with Gasteiger partial charge in [0.15, 0.2) is 0 Å². The van der Waals surface area contributed by atoms with Crippen molar-refractivity contribution < 1.29 is 22.5 Å². The van der Waals surface area contributed by atoms with Gasteiger partial charge in [-0.1, -0.05) is 6.07 Å². The zero-order chi connectivity index (χ0) is 13.8. The Bertz CT molecular complexity index is 529. The Morgan fingerprint density at radius 1 is 1.56 bits per heavy atom. The molecule has 1 rings (SSSR count). The topological polar surface area (TPSA) is 106 Å². The van der Waals surface area contributed by atoms with Gasteiger partial charge in [-0.25, -0.2) is 4.98 Å². The maximum absolute atomic E-state index is 11.6. The summed E-state index contributed by atoms with van der Waals surface area (Å²) in [6.07, 6.45) is 0.884. The van der Waals surface area contributed by atoms with Gasteiger partial charge in [-0.15, -0.1) is 0 Å². The molecule has 0 aliphatic carbocycles. The highest BCUT2D eigenvalue weighted by molar-refractivity contribution is 7.86. The van der Waals surface area contributed by atoms with E-state index in [1.807, 2.05) is 0 Å². The number of nitrogens with zero attached hydrogens (tertiary/aromatic N) is 1. The van der Waals surface area contributed by atoms with Crippen LogP contribution in [-0.2, 0) is 10.1 Å². The van der Waals surface area contributed by atoms with E-state index in [4.69, 9.17) is 5.11 Å². The van der Waals surface area contributed by atoms with E-state index in [9.17, 15) is 13.2 Å². The van der Waals surface area contributed by atoms with Crippen LogP contribution < -0.4 is 9.50 Å². The molecule has 0 saturated heterocycles. The Hall–Kier alpha value is -1.67. The van der Waals surface area contributed by atoms with Crippen LogP contribution in [0.4, 0.5) is 0 Å². The fourth-order valence-corrected chi connectivity index (χ4v) is 1.49. The first-order valence-electron chi connectivity index (χ1n) is 5.10. The number of aliphatic hydroxyl groups is 1. The van der Waals surface area contributed by atoms with Crippen molar-refractivity contribution in [1.82, 2.24) is 10.3 Å². The molecule has 1 aromatic rings. The van der Waals surface area contributed by atoms with E-state index in [2.05, 4.69) is 14.5 Å². The first-order chi connectivity index (χ1) is 8.31. The smallest absolute Gasteiger partial charge is 0.307 e. The van der Waals surface area contributed by atoms with Gasteiger partial charge in [-0.05, 0) is 13.0 Å². The van der Waals surface area contributed by atoms with Crippen molar-refractivity contribution in [1.29, 1.82) is 0 Å². The van der Waals surface area contributed by atoms with Crippen molar-refractivity contribution in [3.05, 3.63) is 23.9 Å². The van der Waals surface area contributed by atoms with Crippen LogP contribution in [0.15, 0.2) is 18.2 Å². The van der Waals surface area contributed by atoms with Gasteiger partial charge in [0.1, 0.15) is 5.69 Å². The number of hydrogen-bond donors (Lipinski definition) is 2. The summed E-state index contributed by atoms with van der Waals surface area (Å²) in [4.78, 5) is 15.4. The molecule has 0 saturated carbocycles. The third-order valence-electron chi connectivity index (χ3n) is 1.84. The quantitative estimate of drug-likeness (QED) is 0.703. The third-order valence-corrected chi connectivity index (χ3v) is 2.32. The normalized spacial score (nSPS) is 12.8. The molecule has 1 unspecified atom stereocenters. The van der Waals surface area contributed by atoms with Crippen LogP contribution in [0.1, 0.15) is 17.4 Å². The van der Waals surface area contributed by atoms with Crippen LogP contribution in [0.25, 0.3) is 0 Å². The lowest BCUT2D eigenvalue weighted by molar-refractivity contribution is 0.0916. The summed E-state index contributed by atoms with van der Waals surface area (Å²) in [6.45, 7) is 1.42. The highest BCUT2D eigenvalue weighted by atomic mass is 32.2. The molecule has 1 atom stereocenters. The Morgan fingerprint density at radius 2 is 2.22 bits per heavy atom. The monoisotopic (exact) mass is 274 g/mol. The van der Waals surface area contributed by atoms with Crippen molar-refractivity contribution in [2.75, 3.05) is 12.9 Å². The molecular weight excluding hydrogens is 260 g/mol. The minimum absolute atomic E-state index is 0.0106. The Balaban J connectivity index is 2.85. The second-order valence-electron chi connectivity index (χ2n) is 3.71. The average Bonchev–Trinajstić information content (AvgIpc) is 2.26. The van der Waals surface area contributed by atoms with Gasteiger partial charge in [0.2, 0.25) is 5.88 Å². The van der Waals surface area contributed by atoms with Crippen LogP contribution in [0.2, 0.25) is 0 Å². The van der Waals surface area contributed by atoms with E-state index in [1.165, 1.54) is 18.2 Å². The predicted octanol–water partition coefficient (Wildman–Crippen LogP) is -0.469. The molecule has 1 amide bonds. The molecule has 0 aromatic carbocycles. The molecule has 0 radical (unpaired) electrons. The average molecular weight is 274 g/mol. The molecule has 0 bridgehead atoms. The molecule has 0 aliphatic heterocycles. The van der Waals surface area contributed by atoms with Gasteiger partial charge in [0, 0.05) is 12.1 Å². The summed E-state index contributed by atoms with van der Waals surface area (Å²) in [7, 11) is -3.68. The first-order valence-corrected chi connectivity index (χ1v) is 6.91. The number of hydrogen-bond acceptors (Lipinski definition) is 6. The molecule has 0 fully saturated rings. The van der Waals surface area contributed by atoms with Gasteiger partial charge >= 0.3 is 10.1 Å². The molecule has 0 spiro atoms. The van der Waals surface area contributed by atoms with Gasteiger partial charge in [-0.3, -0.25) is 4.79 Å².